The average molecular weight is 419 g/mol. The number of ether oxygens (including phenoxy) is 1. The number of halogens is 1. The summed E-state index contributed by atoms with van der Waals surface area (Å²) < 4.78 is 5.49. The minimum absolute atomic E-state index is 0.0151. The summed E-state index contributed by atoms with van der Waals surface area (Å²) in [5, 5.41) is 1.11. The van der Waals surface area contributed by atoms with Gasteiger partial charge in [-0.1, -0.05) is 107 Å². The summed E-state index contributed by atoms with van der Waals surface area (Å²) >= 11 is 3.46. The molecule has 0 aromatic carbocycles. The van der Waals surface area contributed by atoms with Crippen LogP contribution in [0.15, 0.2) is 0 Å². The average Bonchev–Trinajstić information content (AvgIpc) is 2.61. The van der Waals surface area contributed by atoms with Gasteiger partial charge in [-0.2, -0.15) is 0 Å². The lowest BCUT2D eigenvalue weighted by atomic mass is 9.92. The molecule has 0 unspecified atom stereocenters. The first-order chi connectivity index (χ1) is 12.2. The van der Waals surface area contributed by atoms with E-state index in [0.29, 0.717) is 13.0 Å². The van der Waals surface area contributed by atoms with Gasteiger partial charge in [0.05, 0.1) is 6.61 Å². The second-order valence-electron chi connectivity index (χ2n) is 7.43. The molecule has 0 spiro atoms. The summed E-state index contributed by atoms with van der Waals surface area (Å²) in [6, 6.07) is 0. The van der Waals surface area contributed by atoms with Crippen molar-refractivity contribution in [2.24, 2.45) is 5.92 Å². The molecule has 150 valence electrons. The number of carbonyl (C=O) groups is 1. The van der Waals surface area contributed by atoms with Gasteiger partial charge in [-0.3, -0.25) is 4.79 Å². The van der Waals surface area contributed by atoms with Gasteiger partial charge >= 0.3 is 5.97 Å². The van der Waals surface area contributed by atoms with E-state index in [-0.39, 0.29) is 5.97 Å². The minimum Gasteiger partial charge on any atom is -0.466 e. The van der Waals surface area contributed by atoms with E-state index in [2.05, 4.69) is 29.8 Å². The van der Waals surface area contributed by atoms with E-state index < -0.39 is 0 Å². The van der Waals surface area contributed by atoms with Gasteiger partial charge in [0.2, 0.25) is 0 Å². The first-order valence-electron chi connectivity index (χ1n) is 11.0. The van der Waals surface area contributed by atoms with E-state index in [1.54, 1.807) is 0 Å². The zero-order valence-corrected chi connectivity index (χ0v) is 18.6. The van der Waals surface area contributed by atoms with Gasteiger partial charge in [0.1, 0.15) is 0 Å². The van der Waals surface area contributed by atoms with Gasteiger partial charge in [0, 0.05) is 11.8 Å². The molecule has 0 radical (unpaired) electrons. The summed E-state index contributed by atoms with van der Waals surface area (Å²) in [7, 11) is 0. The van der Waals surface area contributed by atoms with Crippen LogP contribution in [0.2, 0.25) is 0 Å². The van der Waals surface area contributed by atoms with Gasteiger partial charge in [0.15, 0.2) is 0 Å². The third kappa shape index (κ3) is 18.5. The number of carbonyl (C=O) groups excluding carboxylic acids is 1. The molecule has 0 aromatic rings. The Morgan fingerprint density at radius 1 is 0.760 bits per heavy atom. The quantitative estimate of drug-likeness (QED) is 0.121. The van der Waals surface area contributed by atoms with Crippen LogP contribution in [-0.4, -0.2) is 17.9 Å². The Hall–Kier alpha value is -0.0500. The van der Waals surface area contributed by atoms with Crippen molar-refractivity contribution in [1.82, 2.24) is 0 Å². The topological polar surface area (TPSA) is 26.3 Å². The van der Waals surface area contributed by atoms with Crippen LogP contribution in [0.4, 0.5) is 0 Å². The summed E-state index contributed by atoms with van der Waals surface area (Å²) in [5.41, 5.74) is 0. The van der Waals surface area contributed by atoms with Gasteiger partial charge in [0.25, 0.3) is 0 Å². The maximum absolute atomic E-state index is 11.9. The number of hydrogen-bond donors (Lipinski definition) is 0. The summed E-state index contributed by atoms with van der Waals surface area (Å²) in [5.74, 6) is 0.765. The predicted octanol–water partition coefficient (Wildman–Crippen LogP) is 7.82. The lowest BCUT2D eigenvalue weighted by Gasteiger charge is -2.16. The molecule has 0 aromatic heterocycles. The van der Waals surface area contributed by atoms with E-state index in [0.717, 1.165) is 30.5 Å². The third-order valence-electron chi connectivity index (χ3n) is 4.99. The highest BCUT2D eigenvalue weighted by molar-refractivity contribution is 9.09. The summed E-state index contributed by atoms with van der Waals surface area (Å²) in [4.78, 5) is 11.9. The zero-order valence-electron chi connectivity index (χ0n) is 17.0. The van der Waals surface area contributed by atoms with E-state index in [1.807, 2.05) is 0 Å². The molecule has 0 atom stereocenters. The van der Waals surface area contributed by atoms with Crippen molar-refractivity contribution in [2.45, 2.75) is 117 Å². The maximum atomic E-state index is 11.9. The second kappa shape index (κ2) is 20.3. The van der Waals surface area contributed by atoms with Gasteiger partial charge < -0.3 is 4.74 Å². The molecular formula is C22H43BrO2. The number of alkyl halides is 1. The normalized spacial score (nSPS) is 11.2. The molecule has 2 nitrogen and oxygen atoms in total. The first-order valence-corrected chi connectivity index (χ1v) is 12.1. The Bertz CT molecular complexity index is 271. The Labute approximate surface area is 166 Å². The summed E-state index contributed by atoms with van der Waals surface area (Å²) in [6.45, 7) is 5.15. The van der Waals surface area contributed by atoms with Crippen molar-refractivity contribution in [3.05, 3.63) is 0 Å². The number of hydrogen-bond acceptors (Lipinski definition) is 2. The fraction of sp³-hybridized carbons (Fsp3) is 0.955. The van der Waals surface area contributed by atoms with Crippen LogP contribution in [0, 0.1) is 5.92 Å². The van der Waals surface area contributed by atoms with Gasteiger partial charge in [-0.05, 0) is 25.2 Å². The number of unbranched alkanes of at least 4 members (excludes halogenated alkanes) is 9. The van der Waals surface area contributed by atoms with Crippen LogP contribution in [0.5, 0.6) is 0 Å². The molecule has 0 aliphatic rings. The fourth-order valence-corrected chi connectivity index (χ4v) is 3.68. The highest BCUT2D eigenvalue weighted by Gasteiger charge is 2.10. The Kier molecular flexibility index (Phi) is 20.2. The molecule has 0 aliphatic heterocycles. The Morgan fingerprint density at radius 3 is 1.88 bits per heavy atom. The van der Waals surface area contributed by atoms with E-state index in [1.165, 1.54) is 77.0 Å². The molecule has 0 saturated heterocycles. The van der Waals surface area contributed by atoms with Crippen molar-refractivity contribution in [3.8, 4) is 0 Å². The molecular weight excluding hydrogens is 376 g/mol. The minimum atomic E-state index is 0.0151. The molecule has 0 heterocycles. The number of esters is 1. The zero-order chi connectivity index (χ0) is 18.6. The lowest BCUT2D eigenvalue weighted by molar-refractivity contribution is -0.144. The van der Waals surface area contributed by atoms with Crippen molar-refractivity contribution >= 4 is 21.9 Å². The highest BCUT2D eigenvalue weighted by atomic mass is 79.9. The molecule has 3 heteroatoms. The van der Waals surface area contributed by atoms with Crippen molar-refractivity contribution in [2.75, 3.05) is 11.9 Å². The molecule has 0 fully saturated rings. The van der Waals surface area contributed by atoms with Crippen molar-refractivity contribution in [3.63, 3.8) is 0 Å². The molecule has 0 bridgehead atoms. The van der Waals surface area contributed by atoms with Crippen LogP contribution in [0.25, 0.3) is 0 Å². The largest absolute Gasteiger partial charge is 0.466 e. The van der Waals surface area contributed by atoms with Crippen LogP contribution in [0.3, 0.4) is 0 Å². The molecule has 0 rings (SSSR count). The molecule has 0 saturated carbocycles. The molecule has 0 amide bonds. The monoisotopic (exact) mass is 418 g/mol. The van der Waals surface area contributed by atoms with Crippen LogP contribution < -0.4 is 0 Å². The predicted molar refractivity (Wildman–Crippen MR) is 113 cm³/mol. The first kappa shape index (κ1) is 24.9. The van der Waals surface area contributed by atoms with Crippen LogP contribution >= 0.6 is 15.9 Å². The summed E-state index contributed by atoms with van der Waals surface area (Å²) in [6.07, 6.45) is 19.4. The molecule has 0 aliphatic carbocycles. The van der Waals surface area contributed by atoms with E-state index >= 15 is 0 Å². The standard InChI is InChI=1S/C22H43BrO2/c1-3-5-11-15-21(16-12-6-4-2)18-20-25-22(24)17-13-9-7-8-10-14-19-23/h21H,3-20H2,1-2H3. The Balaban J connectivity index is 3.68. The van der Waals surface area contributed by atoms with E-state index in [4.69, 9.17) is 4.74 Å². The van der Waals surface area contributed by atoms with E-state index in [9.17, 15) is 4.79 Å². The van der Waals surface area contributed by atoms with Crippen LogP contribution in [-0.2, 0) is 9.53 Å². The van der Waals surface area contributed by atoms with Crippen molar-refractivity contribution in [1.29, 1.82) is 0 Å². The third-order valence-corrected chi connectivity index (χ3v) is 5.55. The van der Waals surface area contributed by atoms with Crippen LogP contribution in [0.1, 0.15) is 117 Å². The molecule has 0 N–H and O–H groups in total. The second-order valence-corrected chi connectivity index (χ2v) is 8.22. The van der Waals surface area contributed by atoms with Gasteiger partial charge in [-0.15, -0.1) is 0 Å². The SMILES string of the molecule is CCCCCC(CCCCC)CCOC(=O)CCCCCCCCBr. The molecule has 25 heavy (non-hydrogen) atoms. The van der Waals surface area contributed by atoms with Gasteiger partial charge in [-0.25, -0.2) is 0 Å². The fourth-order valence-electron chi connectivity index (χ4n) is 3.28. The highest BCUT2D eigenvalue weighted by Crippen LogP contribution is 2.21. The number of rotatable bonds is 19. The maximum Gasteiger partial charge on any atom is 0.305 e. The van der Waals surface area contributed by atoms with Crippen molar-refractivity contribution < 1.29 is 9.53 Å². The Morgan fingerprint density at radius 2 is 1.32 bits per heavy atom. The lowest BCUT2D eigenvalue weighted by Crippen LogP contribution is -2.10. The smallest absolute Gasteiger partial charge is 0.305 e.